The smallest absolute Gasteiger partial charge is 0.230 e. The standard InChI is InChI=1S/C17H23N4/c1-17(2,3)10-13-6-7-14(19(4)11-13)15-12-21-9-8-18-16(21)20(15)5/h6-9,11-12H,10H2,1-5H3/q+1/i10D2. The molecular formula is C17H23N4+. The summed E-state index contributed by atoms with van der Waals surface area (Å²) < 4.78 is 22.9. The van der Waals surface area contributed by atoms with Gasteiger partial charge in [0.2, 0.25) is 11.5 Å². The number of aryl methyl sites for hydroxylation is 2. The van der Waals surface area contributed by atoms with Gasteiger partial charge in [0.25, 0.3) is 0 Å². The SMILES string of the molecule is [2H]C([2H])(c1ccc(-c2cn3ccnc3n2C)[n+](C)c1)C(C)(C)C. The molecule has 3 aromatic heterocycles. The molecule has 0 N–H and O–H groups in total. The molecule has 0 unspecified atom stereocenters. The van der Waals surface area contributed by atoms with E-state index in [9.17, 15) is 0 Å². The molecule has 0 aliphatic rings. The van der Waals surface area contributed by atoms with Crippen LogP contribution in [0.25, 0.3) is 17.2 Å². The lowest BCUT2D eigenvalue weighted by molar-refractivity contribution is -0.661. The molecule has 3 aromatic rings. The second-order valence-corrected chi connectivity index (χ2v) is 6.50. The second-order valence-electron chi connectivity index (χ2n) is 6.50. The summed E-state index contributed by atoms with van der Waals surface area (Å²) in [6, 6.07) is 3.87. The van der Waals surface area contributed by atoms with Crippen LogP contribution in [0.3, 0.4) is 0 Å². The van der Waals surface area contributed by atoms with Crippen molar-refractivity contribution < 1.29 is 7.31 Å². The predicted molar refractivity (Wildman–Crippen MR) is 83.9 cm³/mol. The van der Waals surface area contributed by atoms with Crippen LogP contribution in [0.15, 0.2) is 36.9 Å². The lowest BCUT2D eigenvalue weighted by atomic mass is 9.89. The molecule has 0 spiro atoms. The van der Waals surface area contributed by atoms with Gasteiger partial charge in [0, 0.05) is 40.0 Å². The van der Waals surface area contributed by atoms with Gasteiger partial charge in [0.05, 0.1) is 0 Å². The average Bonchev–Trinajstić information content (AvgIpc) is 3.01. The van der Waals surface area contributed by atoms with E-state index in [0.717, 1.165) is 17.2 Å². The number of hydrogen-bond donors (Lipinski definition) is 0. The maximum atomic E-state index is 8.43. The van der Waals surface area contributed by atoms with E-state index in [0.29, 0.717) is 5.56 Å². The van der Waals surface area contributed by atoms with E-state index in [2.05, 4.69) is 4.98 Å². The fourth-order valence-electron chi connectivity index (χ4n) is 2.61. The quantitative estimate of drug-likeness (QED) is 0.665. The van der Waals surface area contributed by atoms with Crippen molar-refractivity contribution in [2.24, 2.45) is 19.5 Å². The van der Waals surface area contributed by atoms with Gasteiger partial charge in [-0.2, -0.15) is 4.57 Å². The summed E-state index contributed by atoms with van der Waals surface area (Å²) in [6.07, 6.45) is 6.23. The van der Waals surface area contributed by atoms with Crippen LogP contribution < -0.4 is 4.57 Å². The summed E-state index contributed by atoms with van der Waals surface area (Å²) in [5.74, 6) is 0.883. The number of fused-ring (bicyclic) bond motifs is 1. The fraction of sp³-hybridized carbons (Fsp3) is 0.412. The third kappa shape index (κ3) is 2.58. The highest BCUT2D eigenvalue weighted by molar-refractivity contribution is 5.56. The molecule has 0 fully saturated rings. The van der Waals surface area contributed by atoms with Crippen LogP contribution in [-0.2, 0) is 20.5 Å². The van der Waals surface area contributed by atoms with E-state index in [1.807, 2.05) is 79.1 Å². The molecule has 3 rings (SSSR count). The van der Waals surface area contributed by atoms with E-state index in [1.54, 1.807) is 6.20 Å². The molecule has 3 heterocycles. The molecule has 4 nitrogen and oxygen atoms in total. The van der Waals surface area contributed by atoms with Gasteiger partial charge >= 0.3 is 0 Å². The van der Waals surface area contributed by atoms with Gasteiger partial charge in [0.1, 0.15) is 12.7 Å². The van der Waals surface area contributed by atoms with E-state index < -0.39 is 11.8 Å². The normalized spacial score (nSPS) is 14.3. The van der Waals surface area contributed by atoms with Crippen molar-refractivity contribution in [1.29, 1.82) is 0 Å². The first-order valence-electron chi connectivity index (χ1n) is 8.12. The second kappa shape index (κ2) is 4.72. The van der Waals surface area contributed by atoms with Gasteiger partial charge in [-0.05, 0) is 17.9 Å². The van der Waals surface area contributed by atoms with Gasteiger partial charge in [-0.1, -0.05) is 20.8 Å². The van der Waals surface area contributed by atoms with Crippen LogP contribution in [0.4, 0.5) is 0 Å². The molecule has 0 amide bonds. The summed E-state index contributed by atoms with van der Waals surface area (Å²) in [4.78, 5) is 4.34. The van der Waals surface area contributed by atoms with Crippen LogP contribution in [-0.4, -0.2) is 14.0 Å². The number of aromatic nitrogens is 4. The van der Waals surface area contributed by atoms with Crippen molar-refractivity contribution in [3.05, 3.63) is 42.5 Å². The summed E-state index contributed by atoms with van der Waals surface area (Å²) >= 11 is 0. The number of nitrogens with zero attached hydrogens (tertiary/aromatic N) is 4. The molecule has 0 aliphatic heterocycles. The minimum absolute atomic E-state index is 0.465. The summed E-state index contributed by atoms with van der Waals surface area (Å²) in [5.41, 5.74) is 2.29. The Morgan fingerprint density at radius 3 is 2.71 bits per heavy atom. The van der Waals surface area contributed by atoms with E-state index in [-0.39, 0.29) is 0 Å². The Morgan fingerprint density at radius 2 is 2.10 bits per heavy atom. The summed E-state index contributed by atoms with van der Waals surface area (Å²) in [7, 11) is 3.94. The number of pyridine rings is 1. The van der Waals surface area contributed by atoms with Crippen molar-refractivity contribution >= 4 is 5.78 Å². The maximum Gasteiger partial charge on any atom is 0.230 e. The first kappa shape index (κ1) is 11.5. The third-order valence-corrected chi connectivity index (χ3v) is 3.49. The molecular weight excluding hydrogens is 260 g/mol. The Morgan fingerprint density at radius 1 is 1.33 bits per heavy atom. The number of hydrogen-bond acceptors (Lipinski definition) is 1. The monoisotopic (exact) mass is 285 g/mol. The van der Waals surface area contributed by atoms with Crippen molar-refractivity contribution in [2.45, 2.75) is 27.1 Å². The fourth-order valence-corrected chi connectivity index (χ4v) is 2.61. The minimum Gasteiger partial charge on any atom is -0.308 e. The van der Waals surface area contributed by atoms with Crippen molar-refractivity contribution in [1.82, 2.24) is 14.0 Å². The highest BCUT2D eigenvalue weighted by atomic mass is 15.2. The number of imidazole rings is 2. The van der Waals surface area contributed by atoms with Gasteiger partial charge in [-0.3, -0.25) is 4.40 Å². The van der Waals surface area contributed by atoms with Crippen LogP contribution >= 0.6 is 0 Å². The first-order chi connectivity index (χ1) is 10.6. The molecule has 0 saturated carbocycles. The lowest BCUT2D eigenvalue weighted by Gasteiger charge is -2.17. The van der Waals surface area contributed by atoms with Gasteiger partial charge in [-0.25, -0.2) is 4.98 Å². The van der Waals surface area contributed by atoms with E-state index in [4.69, 9.17) is 2.74 Å². The van der Waals surface area contributed by atoms with Crippen LogP contribution in [0.2, 0.25) is 0 Å². The predicted octanol–water partition coefficient (Wildman–Crippen LogP) is 2.75. The Hall–Kier alpha value is -2.10. The van der Waals surface area contributed by atoms with Crippen molar-refractivity contribution in [3.8, 4) is 11.4 Å². The zero-order chi connectivity index (χ0) is 17.0. The Bertz CT molecular complexity index is 868. The Balaban J connectivity index is 2.10. The largest absolute Gasteiger partial charge is 0.308 e. The van der Waals surface area contributed by atoms with Gasteiger partial charge in [0.15, 0.2) is 6.20 Å². The van der Waals surface area contributed by atoms with Gasteiger partial charge < -0.3 is 4.57 Å². The van der Waals surface area contributed by atoms with Crippen molar-refractivity contribution in [3.63, 3.8) is 0 Å². The Kier molecular flexibility index (Phi) is 2.60. The highest BCUT2D eigenvalue weighted by Crippen LogP contribution is 2.22. The highest BCUT2D eigenvalue weighted by Gasteiger charge is 2.19. The summed E-state index contributed by atoms with van der Waals surface area (Å²) in [6.45, 7) is 5.77. The third-order valence-electron chi connectivity index (χ3n) is 3.49. The first-order valence-corrected chi connectivity index (χ1v) is 7.12. The molecule has 0 atom stereocenters. The molecule has 0 saturated heterocycles. The average molecular weight is 285 g/mol. The molecule has 0 radical (unpaired) electrons. The number of rotatable bonds is 2. The lowest BCUT2D eigenvalue weighted by Crippen LogP contribution is -2.32. The maximum absolute atomic E-state index is 8.43. The topological polar surface area (TPSA) is 26.1 Å². The Labute approximate surface area is 128 Å². The molecule has 0 bridgehead atoms. The molecule has 4 heteroatoms. The van der Waals surface area contributed by atoms with E-state index in [1.165, 1.54) is 0 Å². The van der Waals surface area contributed by atoms with Crippen LogP contribution in [0, 0.1) is 5.41 Å². The molecule has 0 aromatic carbocycles. The molecule has 0 aliphatic carbocycles. The minimum atomic E-state index is -1.40. The molecule has 110 valence electrons. The zero-order valence-electron chi connectivity index (χ0n) is 15.3. The molecule has 21 heavy (non-hydrogen) atoms. The van der Waals surface area contributed by atoms with Gasteiger partial charge in [-0.15, -0.1) is 0 Å². The van der Waals surface area contributed by atoms with Crippen LogP contribution in [0.1, 0.15) is 29.1 Å². The van der Waals surface area contributed by atoms with E-state index >= 15 is 0 Å². The van der Waals surface area contributed by atoms with Crippen molar-refractivity contribution in [2.75, 3.05) is 0 Å². The van der Waals surface area contributed by atoms with Crippen LogP contribution in [0.5, 0.6) is 0 Å². The zero-order valence-corrected chi connectivity index (χ0v) is 13.3. The summed E-state index contributed by atoms with van der Waals surface area (Å²) in [5, 5.41) is 0.